The zero-order valence-electron chi connectivity index (χ0n) is 36.4. The fourth-order valence-corrected chi connectivity index (χ4v) is 8.38. The molecule has 0 aliphatic heterocycles. The largest absolute Gasteiger partial charge is 0.501 e. The van der Waals surface area contributed by atoms with Gasteiger partial charge < -0.3 is 14.4 Å². The van der Waals surface area contributed by atoms with E-state index in [1.807, 2.05) is 80.8 Å². The van der Waals surface area contributed by atoms with Crippen LogP contribution in [0.5, 0.6) is 0 Å². The molecule has 279 valence electrons. The molecule has 0 bridgehead atoms. The fraction of sp³-hybridized carbons (Fsp3) is 0.200. The number of hydrogen-bond donors (Lipinski definition) is 0. The number of fused-ring (bicyclic) bond motifs is 3. The maximum Gasteiger partial charge on any atom is 0.121 e. The Labute approximate surface area is 346 Å². The molecule has 3 heterocycles. The predicted octanol–water partition coefficient (Wildman–Crippen LogP) is 13.4. The van der Waals surface area contributed by atoms with Gasteiger partial charge in [0.25, 0.3) is 0 Å². The molecule has 0 saturated heterocycles. The summed E-state index contributed by atoms with van der Waals surface area (Å²) in [5, 5.41) is 3.39. The van der Waals surface area contributed by atoms with E-state index in [1.54, 1.807) is 6.07 Å². The minimum atomic E-state index is -2.23. The van der Waals surface area contributed by atoms with Gasteiger partial charge in [0.15, 0.2) is 0 Å². The number of nitrogens with zero attached hydrogens (tertiary/aromatic N) is 2. The number of furan rings is 1. The van der Waals surface area contributed by atoms with Crippen LogP contribution in [0.15, 0.2) is 138 Å². The summed E-state index contributed by atoms with van der Waals surface area (Å²) in [5.41, 5.74) is 11.3. The van der Waals surface area contributed by atoms with Crippen molar-refractivity contribution in [3.63, 3.8) is 0 Å². The SMILES string of the molecule is CC(C)c1ccnc(-c2[c-]ccc3c2oc2cc(-c4ccccc4)ccc23)c1.[2H]C([2H])([2H])c1c[c-]c(-c2cc(C([2H])(C)C)c([Si](C)(C)C)cn2)cc1-c1ccccc1.[Ir]. The average molecular weight is 917 g/mol. The molecular weight excluding hydrogens is 865 g/mol. The molecule has 5 heteroatoms. The summed E-state index contributed by atoms with van der Waals surface area (Å²) in [6.45, 7) is 12.7. The Morgan fingerprint density at radius 3 is 2.13 bits per heavy atom. The summed E-state index contributed by atoms with van der Waals surface area (Å²) < 4.78 is 38.8. The van der Waals surface area contributed by atoms with Gasteiger partial charge in [-0.3, -0.25) is 0 Å². The number of aryl methyl sites for hydroxylation is 1. The van der Waals surface area contributed by atoms with Crippen LogP contribution in [0.1, 0.15) is 61.7 Å². The van der Waals surface area contributed by atoms with E-state index in [4.69, 9.17) is 14.9 Å². The molecule has 0 amide bonds. The molecule has 0 aliphatic rings. The monoisotopic (exact) mass is 917 g/mol. The maximum absolute atomic E-state index is 8.66. The zero-order chi connectivity index (χ0) is 41.4. The maximum atomic E-state index is 8.66. The fourth-order valence-electron chi connectivity index (χ4n) is 6.79. The van der Waals surface area contributed by atoms with Gasteiger partial charge in [-0.25, -0.2) is 0 Å². The van der Waals surface area contributed by atoms with Crippen LogP contribution in [-0.2, 0) is 20.1 Å². The normalized spacial score (nSPS) is 12.9. The third kappa shape index (κ3) is 8.65. The molecule has 0 fully saturated rings. The Morgan fingerprint density at radius 1 is 0.727 bits per heavy atom. The summed E-state index contributed by atoms with van der Waals surface area (Å²) in [7, 11) is -1.68. The molecule has 55 heavy (non-hydrogen) atoms. The second kappa shape index (κ2) is 16.8. The van der Waals surface area contributed by atoms with Crippen LogP contribution in [0.4, 0.5) is 0 Å². The van der Waals surface area contributed by atoms with Crippen LogP contribution in [0.2, 0.25) is 19.6 Å². The quantitative estimate of drug-likeness (QED) is 0.118. The van der Waals surface area contributed by atoms with Crippen LogP contribution >= 0.6 is 0 Å². The third-order valence-electron chi connectivity index (χ3n) is 9.81. The van der Waals surface area contributed by atoms with E-state index in [-0.39, 0.29) is 25.7 Å². The Hall–Kier alpha value is -4.93. The van der Waals surface area contributed by atoms with Crippen molar-refractivity contribution in [1.82, 2.24) is 9.97 Å². The summed E-state index contributed by atoms with van der Waals surface area (Å²) in [6, 6.07) is 46.4. The van der Waals surface area contributed by atoms with Crippen molar-refractivity contribution < 1.29 is 30.0 Å². The van der Waals surface area contributed by atoms with Gasteiger partial charge in [-0.1, -0.05) is 167 Å². The molecule has 3 nitrogen and oxygen atoms in total. The average Bonchev–Trinajstić information content (AvgIpc) is 3.58. The van der Waals surface area contributed by atoms with Gasteiger partial charge in [0.05, 0.1) is 13.7 Å². The summed E-state index contributed by atoms with van der Waals surface area (Å²) >= 11 is 0. The van der Waals surface area contributed by atoms with Gasteiger partial charge in [0, 0.05) is 43.4 Å². The first-order valence-electron chi connectivity index (χ1n) is 20.5. The minimum absolute atomic E-state index is 0. The molecule has 0 aliphatic carbocycles. The molecule has 1 radical (unpaired) electrons. The molecule has 8 rings (SSSR count). The van der Waals surface area contributed by atoms with E-state index in [0.717, 1.165) is 55.4 Å². The van der Waals surface area contributed by atoms with Gasteiger partial charge in [-0.05, 0) is 57.2 Å². The smallest absolute Gasteiger partial charge is 0.121 e. The van der Waals surface area contributed by atoms with Gasteiger partial charge >= 0.3 is 0 Å². The summed E-state index contributed by atoms with van der Waals surface area (Å²) in [6.07, 6.45) is 3.77. The van der Waals surface area contributed by atoms with E-state index in [9.17, 15) is 0 Å². The second-order valence-corrected chi connectivity index (χ2v) is 20.3. The van der Waals surface area contributed by atoms with Gasteiger partial charge in [-0.15, -0.1) is 47.5 Å². The second-order valence-electron chi connectivity index (χ2n) is 15.3. The molecule has 5 aromatic carbocycles. The van der Waals surface area contributed by atoms with Crippen molar-refractivity contribution in [1.29, 1.82) is 0 Å². The Balaban J connectivity index is 0.000000195. The Kier molecular flexibility index (Phi) is 10.6. The number of aromatic nitrogens is 2. The molecule has 0 saturated carbocycles. The van der Waals surface area contributed by atoms with Crippen LogP contribution in [-0.4, -0.2) is 18.0 Å². The van der Waals surface area contributed by atoms with E-state index in [2.05, 4.69) is 111 Å². The molecule has 0 N–H and O–H groups in total. The number of hydrogen-bond acceptors (Lipinski definition) is 3. The van der Waals surface area contributed by atoms with E-state index < -0.39 is 20.8 Å². The van der Waals surface area contributed by atoms with Crippen molar-refractivity contribution in [2.24, 2.45) is 0 Å². The van der Waals surface area contributed by atoms with E-state index in [1.165, 1.54) is 16.3 Å². The van der Waals surface area contributed by atoms with Crippen LogP contribution < -0.4 is 5.19 Å². The van der Waals surface area contributed by atoms with Crippen molar-refractivity contribution in [3.05, 3.63) is 163 Å². The standard InChI is InChI=1S/C26H20NO.C24H28NSi.Ir/c1-17(2)19-13-14-27-24(15-19)23-10-6-9-22-21-12-11-20(16-25(21)28-26(22)23)18-7-4-3-5-8-18;1-17(2)21-15-23(25-16-24(21)26(4,5)6)20-13-12-18(3)22(14-20)19-10-8-7-9-11-19;/h3-9,11-17H,1-2H3;7-12,14-17H,1-6H3;/q2*-1;/i;3D3,17D;. The van der Waals surface area contributed by atoms with E-state index >= 15 is 0 Å². The van der Waals surface area contributed by atoms with Crippen molar-refractivity contribution in [3.8, 4) is 44.8 Å². The van der Waals surface area contributed by atoms with Gasteiger partial charge in [0.2, 0.25) is 0 Å². The molecule has 0 unspecified atom stereocenters. The minimum Gasteiger partial charge on any atom is -0.501 e. The first-order valence-corrected chi connectivity index (χ1v) is 22.0. The first kappa shape index (κ1) is 34.5. The van der Waals surface area contributed by atoms with Gasteiger partial charge in [-0.2, -0.15) is 0 Å². The molecule has 0 spiro atoms. The number of rotatable bonds is 7. The van der Waals surface area contributed by atoms with Crippen LogP contribution in [0.3, 0.4) is 0 Å². The van der Waals surface area contributed by atoms with Crippen molar-refractivity contribution in [2.75, 3.05) is 0 Å². The van der Waals surface area contributed by atoms with Crippen LogP contribution in [0.25, 0.3) is 66.7 Å². The molecule has 0 atom stereocenters. The number of benzene rings is 5. The molecular formula is C50H48IrN2OSi-2. The third-order valence-corrected chi connectivity index (χ3v) is 11.8. The molecule has 3 aromatic heterocycles. The van der Waals surface area contributed by atoms with E-state index in [0.29, 0.717) is 17.2 Å². The van der Waals surface area contributed by atoms with Crippen LogP contribution in [0, 0.1) is 19.0 Å². The summed E-state index contributed by atoms with van der Waals surface area (Å²) in [5.74, 6) is -0.307. The summed E-state index contributed by atoms with van der Waals surface area (Å²) in [4.78, 5) is 9.28. The Morgan fingerprint density at radius 2 is 1.45 bits per heavy atom. The van der Waals surface area contributed by atoms with Crippen molar-refractivity contribution >= 4 is 35.2 Å². The van der Waals surface area contributed by atoms with Gasteiger partial charge in [0.1, 0.15) is 5.58 Å². The predicted molar refractivity (Wildman–Crippen MR) is 231 cm³/mol. The first-order chi connectivity index (χ1) is 27.5. The Bertz CT molecular complexity index is 2720. The molecule has 8 aromatic rings. The van der Waals surface area contributed by atoms with Crippen molar-refractivity contribution in [2.45, 2.75) is 66.0 Å². The number of pyridine rings is 2. The topological polar surface area (TPSA) is 38.9 Å². The zero-order valence-corrected chi connectivity index (χ0v) is 35.8.